The van der Waals surface area contributed by atoms with Crippen LogP contribution >= 0.6 is 24.0 Å². The Labute approximate surface area is 183 Å². The van der Waals surface area contributed by atoms with E-state index >= 15 is 0 Å². The Hall–Kier alpha value is -1.36. The molecule has 0 spiro atoms. The first-order chi connectivity index (χ1) is 12.9. The predicted molar refractivity (Wildman–Crippen MR) is 118 cm³/mol. The maximum atomic E-state index is 12.7. The standard InChI is InChI=1S/C19H30F2N4O2.HI/c1-5-22-19(24-12-16(25(2)3)13-6-7-13)23-11-14-10-15(26-4)8-9-17(14)27-18(20)21;/h8-10,13,16,18H,5-7,11-12H2,1-4H3,(H2,22,23,24);1H. The van der Waals surface area contributed by atoms with Crippen LogP contribution in [0, 0.1) is 5.92 Å². The molecule has 0 heterocycles. The van der Waals surface area contributed by atoms with Crippen LogP contribution in [0.2, 0.25) is 0 Å². The molecule has 1 atom stereocenters. The molecular weight excluding hydrogens is 481 g/mol. The molecular formula is C19H31F2IN4O2. The van der Waals surface area contributed by atoms with E-state index in [4.69, 9.17) is 4.74 Å². The van der Waals surface area contributed by atoms with Crippen molar-refractivity contribution in [3.8, 4) is 11.5 Å². The first kappa shape index (κ1) is 24.7. The summed E-state index contributed by atoms with van der Waals surface area (Å²) >= 11 is 0. The van der Waals surface area contributed by atoms with Crippen molar-refractivity contribution in [1.29, 1.82) is 0 Å². The van der Waals surface area contributed by atoms with Gasteiger partial charge in [0.05, 0.1) is 13.7 Å². The zero-order valence-corrected chi connectivity index (χ0v) is 19.2. The van der Waals surface area contributed by atoms with Gasteiger partial charge in [0.15, 0.2) is 5.96 Å². The maximum absolute atomic E-state index is 12.7. The van der Waals surface area contributed by atoms with Crippen molar-refractivity contribution in [2.75, 3.05) is 34.3 Å². The van der Waals surface area contributed by atoms with Crippen LogP contribution in [0.15, 0.2) is 23.2 Å². The zero-order valence-electron chi connectivity index (χ0n) is 16.9. The average molecular weight is 512 g/mol. The number of rotatable bonds is 10. The number of hydrogen-bond donors (Lipinski definition) is 2. The van der Waals surface area contributed by atoms with Gasteiger partial charge in [-0.1, -0.05) is 0 Å². The SMILES string of the molecule is CCNC(=NCc1cc(OC)ccc1OC(F)F)NCC(C1CC1)N(C)C.I. The molecule has 28 heavy (non-hydrogen) atoms. The Bertz CT molecular complexity index is 626. The van der Waals surface area contributed by atoms with Gasteiger partial charge in [0, 0.05) is 24.7 Å². The molecule has 160 valence electrons. The Morgan fingerprint density at radius 1 is 1.29 bits per heavy atom. The van der Waals surface area contributed by atoms with Gasteiger partial charge in [-0.3, -0.25) is 0 Å². The number of nitrogens with zero attached hydrogens (tertiary/aromatic N) is 2. The molecule has 0 amide bonds. The second-order valence-corrected chi connectivity index (χ2v) is 6.80. The molecule has 1 unspecified atom stereocenters. The summed E-state index contributed by atoms with van der Waals surface area (Å²) in [4.78, 5) is 6.76. The molecule has 2 rings (SSSR count). The third-order valence-electron chi connectivity index (χ3n) is 4.54. The maximum Gasteiger partial charge on any atom is 0.387 e. The summed E-state index contributed by atoms with van der Waals surface area (Å²) in [5.74, 6) is 2.05. The van der Waals surface area contributed by atoms with Gasteiger partial charge in [0.2, 0.25) is 0 Å². The molecule has 0 aliphatic heterocycles. The smallest absolute Gasteiger partial charge is 0.387 e. The van der Waals surface area contributed by atoms with Crippen LogP contribution in [0.25, 0.3) is 0 Å². The molecule has 0 aromatic heterocycles. The van der Waals surface area contributed by atoms with Crippen molar-refractivity contribution in [2.45, 2.75) is 39.0 Å². The molecule has 0 radical (unpaired) electrons. The first-order valence-electron chi connectivity index (χ1n) is 9.24. The number of methoxy groups -OCH3 is 1. The van der Waals surface area contributed by atoms with Gasteiger partial charge in [0.1, 0.15) is 11.5 Å². The predicted octanol–water partition coefficient (Wildman–Crippen LogP) is 3.31. The Balaban J connectivity index is 0.00000392. The molecule has 1 saturated carbocycles. The van der Waals surface area contributed by atoms with Crippen LogP contribution < -0.4 is 20.1 Å². The number of likely N-dealkylation sites (N-methyl/N-ethyl adjacent to an activating group) is 1. The average Bonchev–Trinajstić information content (AvgIpc) is 3.45. The van der Waals surface area contributed by atoms with E-state index in [1.807, 2.05) is 6.92 Å². The van der Waals surface area contributed by atoms with E-state index in [0.29, 0.717) is 29.9 Å². The second-order valence-electron chi connectivity index (χ2n) is 6.80. The molecule has 1 aliphatic carbocycles. The molecule has 1 fully saturated rings. The number of nitrogens with one attached hydrogen (secondary N) is 2. The molecule has 2 N–H and O–H groups in total. The molecule has 1 aromatic rings. The topological polar surface area (TPSA) is 58.1 Å². The molecule has 1 aromatic carbocycles. The van der Waals surface area contributed by atoms with Crippen LogP contribution in [0.3, 0.4) is 0 Å². The van der Waals surface area contributed by atoms with Crippen LogP contribution in [0.4, 0.5) is 8.78 Å². The summed E-state index contributed by atoms with van der Waals surface area (Å²) in [5, 5.41) is 6.56. The van der Waals surface area contributed by atoms with Gasteiger partial charge in [0.25, 0.3) is 0 Å². The van der Waals surface area contributed by atoms with Gasteiger partial charge in [-0.05, 0) is 58.0 Å². The summed E-state index contributed by atoms with van der Waals surface area (Å²) < 4.78 is 35.1. The number of hydrogen-bond acceptors (Lipinski definition) is 4. The normalized spacial score (nSPS) is 15.2. The highest BCUT2D eigenvalue weighted by Gasteiger charge is 2.32. The van der Waals surface area contributed by atoms with E-state index in [1.54, 1.807) is 12.1 Å². The number of guanidine groups is 1. The molecule has 0 bridgehead atoms. The van der Waals surface area contributed by atoms with E-state index in [-0.39, 0.29) is 36.3 Å². The minimum Gasteiger partial charge on any atom is -0.497 e. The summed E-state index contributed by atoms with van der Waals surface area (Å²) in [5.41, 5.74) is 0.540. The lowest BCUT2D eigenvalue weighted by Crippen LogP contribution is -2.46. The van der Waals surface area contributed by atoms with Crippen molar-refractivity contribution in [3.05, 3.63) is 23.8 Å². The molecule has 1 aliphatic rings. The number of benzene rings is 1. The molecule has 6 nitrogen and oxygen atoms in total. The van der Waals surface area contributed by atoms with Crippen molar-refractivity contribution in [2.24, 2.45) is 10.9 Å². The fraction of sp³-hybridized carbons (Fsp3) is 0.632. The number of alkyl halides is 2. The Kier molecular flexibility index (Phi) is 10.8. The van der Waals surface area contributed by atoms with Crippen LogP contribution in [0.1, 0.15) is 25.3 Å². The number of halogens is 3. The van der Waals surface area contributed by atoms with Crippen LogP contribution in [-0.2, 0) is 6.54 Å². The fourth-order valence-electron chi connectivity index (χ4n) is 2.98. The third-order valence-corrected chi connectivity index (χ3v) is 4.54. The first-order valence-corrected chi connectivity index (χ1v) is 9.24. The number of aliphatic imine (C=N–C) groups is 1. The van der Waals surface area contributed by atoms with Gasteiger partial charge in [-0.25, -0.2) is 4.99 Å². The summed E-state index contributed by atoms with van der Waals surface area (Å²) in [6, 6.07) is 5.18. The van der Waals surface area contributed by atoms with Crippen LogP contribution in [-0.4, -0.2) is 57.8 Å². The lowest BCUT2D eigenvalue weighted by atomic mass is 10.1. The van der Waals surface area contributed by atoms with E-state index in [9.17, 15) is 8.78 Å². The van der Waals surface area contributed by atoms with E-state index in [0.717, 1.165) is 12.5 Å². The lowest BCUT2D eigenvalue weighted by Gasteiger charge is -2.25. The highest BCUT2D eigenvalue weighted by Crippen LogP contribution is 2.34. The van der Waals surface area contributed by atoms with Crippen LogP contribution in [0.5, 0.6) is 11.5 Å². The summed E-state index contributed by atoms with van der Waals surface area (Å²) in [6.45, 7) is 0.790. The fourth-order valence-corrected chi connectivity index (χ4v) is 2.98. The molecule has 9 heteroatoms. The third kappa shape index (κ3) is 7.94. The van der Waals surface area contributed by atoms with Gasteiger partial charge in [-0.2, -0.15) is 8.78 Å². The van der Waals surface area contributed by atoms with Gasteiger partial charge in [-0.15, -0.1) is 24.0 Å². The summed E-state index contributed by atoms with van der Waals surface area (Å²) in [7, 11) is 5.69. The Morgan fingerprint density at radius 2 is 2.00 bits per heavy atom. The van der Waals surface area contributed by atoms with Crippen molar-refractivity contribution >= 4 is 29.9 Å². The zero-order chi connectivity index (χ0) is 19.8. The van der Waals surface area contributed by atoms with E-state index in [1.165, 1.54) is 26.0 Å². The molecule has 0 saturated heterocycles. The highest BCUT2D eigenvalue weighted by molar-refractivity contribution is 14.0. The largest absolute Gasteiger partial charge is 0.497 e. The monoisotopic (exact) mass is 512 g/mol. The Morgan fingerprint density at radius 3 is 2.54 bits per heavy atom. The number of ether oxygens (including phenoxy) is 2. The van der Waals surface area contributed by atoms with Crippen molar-refractivity contribution in [3.63, 3.8) is 0 Å². The second kappa shape index (κ2) is 12.3. The van der Waals surface area contributed by atoms with E-state index < -0.39 is 6.61 Å². The minimum absolute atomic E-state index is 0. The van der Waals surface area contributed by atoms with Crippen molar-refractivity contribution in [1.82, 2.24) is 15.5 Å². The van der Waals surface area contributed by atoms with Crippen molar-refractivity contribution < 1.29 is 18.3 Å². The van der Waals surface area contributed by atoms with Gasteiger partial charge < -0.3 is 25.0 Å². The van der Waals surface area contributed by atoms with Gasteiger partial charge >= 0.3 is 6.61 Å². The minimum atomic E-state index is -2.88. The quantitative estimate of drug-likeness (QED) is 0.286. The van der Waals surface area contributed by atoms with E-state index in [2.05, 4.69) is 39.4 Å². The lowest BCUT2D eigenvalue weighted by molar-refractivity contribution is -0.0504. The summed E-state index contributed by atoms with van der Waals surface area (Å²) in [6.07, 6.45) is 2.52. The highest BCUT2D eigenvalue weighted by atomic mass is 127.